The first-order valence-electron chi connectivity index (χ1n) is 8.54. The largest absolute Gasteiger partial charge is 0.444 e. The van der Waals surface area contributed by atoms with Crippen LogP contribution in [0.4, 0.5) is 4.79 Å². The van der Waals surface area contributed by atoms with Crippen molar-refractivity contribution in [3.8, 4) is 0 Å². The second-order valence-electron chi connectivity index (χ2n) is 7.50. The molecule has 2 fully saturated rings. The first-order chi connectivity index (χ1) is 10.3. The molecule has 0 N–H and O–H groups in total. The molecule has 0 spiro atoms. The predicted octanol–water partition coefficient (Wildman–Crippen LogP) is 3.56. The molecule has 1 amide bonds. The Morgan fingerprint density at radius 3 is 2.59 bits per heavy atom. The van der Waals surface area contributed by atoms with Crippen molar-refractivity contribution in [2.45, 2.75) is 84.3 Å². The Hall–Kier alpha value is -0.810. The van der Waals surface area contributed by atoms with Gasteiger partial charge >= 0.3 is 6.09 Å². The highest BCUT2D eigenvalue weighted by atomic mass is 16.7. The van der Waals surface area contributed by atoms with Crippen LogP contribution in [0, 0.1) is 5.92 Å². The highest BCUT2D eigenvalue weighted by molar-refractivity contribution is 5.69. The number of amides is 1. The summed E-state index contributed by atoms with van der Waals surface area (Å²) < 4.78 is 17.2. The average Bonchev–Trinajstić information content (AvgIpc) is 2.80. The smallest absolute Gasteiger partial charge is 0.410 e. The number of hydrogen-bond acceptors (Lipinski definition) is 4. The second kappa shape index (κ2) is 7.18. The molecular weight excluding hydrogens is 282 g/mol. The van der Waals surface area contributed by atoms with Gasteiger partial charge in [0.15, 0.2) is 6.29 Å². The average molecular weight is 313 g/mol. The maximum absolute atomic E-state index is 12.3. The van der Waals surface area contributed by atoms with E-state index in [1.54, 1.807) is 0 Å². The van der Waals surface area contributed by atoms with Crippen LogP contribution in [-0.4, -0.2) is 48.2 Å². The third kappa shape index (κ3) is 4.59. The van der Waals surface area contributed by atoms with Gasteiger partial charge in [0.1, 0.15) is 5.60 Å². The molecule has 128 valence electrons. The highest BCUT2D eigenvalue weighted by Gasteiger charge is 2.39. The maximum atomic E-state index is 12.3. The molecule has 0 aromatic rings. The summed E-state index contributed by atoms with van der Waals surface area (Å²) in [5.41, 5.74) is -0.451. The van der Waals surface area contributed by atoms with Crippen molar-refractivity contribution in [3.63, 3.8) is 0 Å². The van der Waals surface area contributed by atoms with Crippen LogP contribution >= 0.6 is 0 Å². The Kier molecular flexibility index (Phi) is 5.72. The van der Waals surface area contributed by atoms with Crippen molar-refractivity contribution in [1.29, 1.82) is 0 Å². The van der Waals surface area contributed by atoms with E-state index in [0.717, 1.165) is 32.4 Å². The molecule has 0 saturated carbocycles. The van der Waals surface area contributed by atoms with Crippen molar-refractivity contribution in [2.24, 2.45) is 5.92 Å². The number of nitrogens with zero attached hydrogens (tertiary/aromatic N) is 1. The fourth-order valence-electron chi connectivity index (χ4n) is 3.33. The molecule has 22 heavy (non-hydrogen) atoms. The van der Waals surface area contributed by atoms with Gasteiger partial charge in [-0.15, -0.1) is 0 Å². The van der Waals surface area contributed by atoms with E-state index in [1.165, 1.54) is 6.42 Å². The number of ether oxygens (including phenoxy) is 3. The van der Waals surface area contributed by atoms with Crippen molar-refractivity contribution in [1.82, 2.24) is 4.90 Å². The zero-order valence-electron chi connectivity index (χ0n) is 14.6. The molecule has 2 rings (SSSR count). The summed E-state index contributed by atoms with van der Waals surface area (Å²) in [4.78, 5) is 14.1. The summed E-state index contributed by atoms with van der Waals surface area (Å²) in [5, 5.41) is 0. The molecule has 5 nitrogen and oxygen atoms in total. The summed E-state index contributed by atoms with van der Waals surface area (Å²) in [6.07, 6.45) is 4.01. The third-order valence-electron chi connectivity index (χ3n) is 4.55. The zero-order valence-corrected chi connectivity index (χ0v) is 14.6. The van der Waals surface area contributed by atoms with E-state index in [0.29, 0.717) is 5.92 Å². The molecular formula is C17H31NO4. The Morgan fingerprint density at radius 2 is 2.00 bits per heavy atom. The molecule has 0 bridgehead atoms. The number of hydrogen-bond donors (Lipinski definition) is 0. The Morgan fingerprint density at radius 1 is 1.27 bits per heavy atom. The van der Waals surface area contributed by atoms with Gasteiger partial charge in [0.05, 0.1) is 6.10 Å². The number of carbonyl (C=O) groups excluding carboxylic acids is 1. The van der Waals surface area contributed by atoms with Crippen LogP contribution in [0.3, 0.4) is 0 Å². The van der Waals surface area contributed by atoms with Crippen LogP contribution < -0.4 is 0 Å². The molecule has 0 aliphatic carbocycles. The molecule has 0 radical (unpaired) electrons. The molecule has 0 aromatic carbocycles. The molecule has 5 heteroatoms. The van der Waals surface area contributed by atoms with Crippen LogP contribution in [0.15, 0.2) is 0 Å². The molecule has 2 saturated heterocycles. The first kappa shape index (κ1) is 17.5. The van der Waals surface area contributed by atoms with E-state index in [1.807, 2.05) is 25.7 Å². The van der Waals surface area contributed by atoms with Gasteiger partial charge in [-0.3, -0.25) is 0 Å². The summed E-state index contributed by atoms with van der Waals surface area (Å²) in [7, 11) is 0. The number of rotatable bonds is 3. The first-order valence-corrected chi connectivity index (χ1v) is 8.54. The Labute approximate surface area is 134 Å². The van der Waals surface area contributed by atoms with E-state index in [9.17, 15) is 4.79 Å². The standard InChI is InChI=1S/C17H31NO4/c1-12-14(13(2)21-15-8-6-7-11-20-15)9-10-18(12)16(19)22-17(3,4)5/h12-15H,6-11H2,1-5H3. The minimum absolute atomic E-state index is 0.0773. The molecule has 2 aliphatic rings. The summed E-state index contributed by atoms with van der Waals surface area (Å²) in [6, 6.07) is 0.133. The maximum Gasteiger partial charge on any atom is 0.410 e. The van der Waals surface area contributed by atoms with Gasteiger partial charge in [-0.2, -0.15) is 0 Å². The van der Waals surface area contributed by atoms with Gasteiger partial charge in [-0.25, -0.2) is 4.79 Å². The minimum atomic E-state index is -0.451. The van der Waals surface area contributed by atoms with E-state index in [4.69, 9.17) is 14.2 Å². The van der Waals surface area contributed by atoms with Crippen molar-refractivity contribution < 1.29 is 19.0 Å². The lowest BCUT2D eigenvalue weighted by Gasteiger charge is -2.32. The molecule has 4 unspecified atom stereocenters. The van der Waals surface area contributed by atoms with Crippen molar-refractivity contribution in [3.05, 3.63) is 0 Å². The SMILES string of the molecule is CC(OC1CCCCO1)C1CCN(C(=O)OC(C)(C)C)C1C. The van der Waals surface area contributed by atoms with Gasteiger partial charge in [0.25, 0.3) is 0 Å². The fourth-order valence-corrected chi connectivity index (χ4v) is 3.33. The molecule has 2 heterocycles. The van der Waals surface area contributed by atoms with Gasteiger partial charge < -0.3 is 19.1 Å². The van der Waals surface area contributed by atoms with Crippen molar-refractivity contribution >= 4 is 6.09 Å². The lowest BCUT2D eigenvalue weighted by Crippen LogP contribution is -2.42. The van der Waals surface area contributed by atoms with Gasteiger partial charge in [-0.1, -0.05) is 0 Å². The summed E-state index contributed by atoms with van der Waals surface area (Å²) in [5.74, 6) is 0.332. The van der Waals surface area contributed by atoms with Gasteiger partial charge in [0.2, 0.25) is 0 Å². The lowest BCUT2D eigenvalue weighted by molar-refractivity contribution is -0.195. The van der Waals surface area contributed by atoms with Crippen LogP contribution in [0.2, 0.25) is 0 Å². The summed E-state index contributed by atoms with van der Waals surface area (Å²) in [6.45, 7) is 11.4. The predicted molar refractivity (Wildman–Crippen MR) is 84.6 cm³/mol. The number of likely N-dealkylation sites (tertiary alicyclic amines) is 1. The van der Waals surface area contributed by atoms with E-state index in [-0.39, 0.29) is 24.5 Å². The van der Waals surface area contributed by atoms with E-state index < -0.39 is 5.60 Å². The highest BCUT2D eigenvalue weighted by Crippen LogP contribution is 2.31. The number of carbonyl (C=O) groups is 1. The monoisotopic (exact) mass is 313 g/mol. The Balaban J connectivity index is 1.86. The molecule has 0 aromatic heterocycles. The Bertz CT molecular complexity index is 373. The molecule has 2 aliphatic heterocycles. The van der Waals surface area contributed by atoms with Crippen LogP contribution in [0.5, 0.6) is 0 Å². The topological polar surface area (TPSA) is 48.0 Å². The lowest BCUT2D eigenvalue weighted by atomic mass is 9.96. The normalized spacial score (nSPS) is 31.1. The third-order valence-corrected chi connectivity index (χ3v) is 4.55. The van der Waals surface area contributed by atoms with Crippen molar-refractivity contribution in [2.75, 3.05) is 13.2 Å². The summed E-state index contributed by atoms with van der Waals surface area (Å²) >= 11 is 0. The van der Waals surface area contributed by atoms with Crippen LogP contribution in [0.25, 0.3) is 0 Å². The van der Waals surface area contributed by atoms with E-state index >= 15 is 0 Å². The van der Waals surface area contributed by atoms with Gasteiger partial charge in [-0.05, 0) is 60.3 Å². The second-order valence-corrected chi connectivity index (χ2v) is 7.50. The minimum Gasteiger partial charge on any atom is -0.444 e. The van der Waals surface area contributed by atoms with Crippen LogP contribution in [0.1, 0.15) is 60.3 Å². The van der Waals surface area contributed by atoms with E-state index in [2.05, 4.69) is 13.8 Å². The molecule has 4 atom stereocenters. The fraction of sp³-hybridized carbons (Fsp3) is 0.941. The van der Waals surface area contributed by atoms with Crippen LogP contribution in [-0.2, 0) is 14.2 Å². The quantitative estimate of drug-likeness (QED) is 0.799. The van der Waals surface area contributed by atoms with Gasteiger partial charge in [0, 0.05) is 25.1 Å². The zero-order chi connectivity index (χ0) is 16.3.